The quantitative estimate of drug-likeness (QED) is 0.578. The summed E-state index contributed by atoms with van der Waals surface area (Å²) in [5.74, 6) is -0.681. The summed E-state index contributed by atoms with van der Waals surface area (Å²) in [6, 6.07) is 1.91. The number of nitrogens with zero attached hydrogens (tertiary/aromatic N) is 1. The number of methoxy groups -OCH3 is 1. The highest BCUT2D eigenvalue weighted by Crippen LogP contribution is 2.11. The maximum Gasteiger partial charge on any atom is 0.323 e. The fourth-order valence-corrected chi connectivity index (χ4v) is 0.815. The van der Waals surface area contributed by atoms with Crippen LogP contribution in [0.3, 0.4) is 0 Å². The molecule has 0 saturated heterocycles. The molecule has 0 saturated carbocycles. The van der Waals surface area contributed by atoms with E-state index in [2.05, 4.69) is 4.74 Å². The molecule has 3 nitrogen and oxygen atoms in total. The fraction of sp³-hybridized carbons (Fsp3) is 0.750. The van der Waals surface area contributed by atoms with Gasteiger partial charge in [-0.25, -0.2) is 0 Å². The van der Waals surface area contributed by atoms with Crippen molar-refractivity contribution in [3.63, 3.8) is 0 Å². The summed E-state index contributed by atoms with van der Waals surface area (Å²) < 4.78 is 4.44. The summed E-state index contributed by atoms with van der Waals surface area (Å²) in [4.78, 5) is 10.8. The van der Waals surface area contributed by atoms with Gasteiger partial charge in [-0.3, -0.25) is 4.79 Å². The van der Waals surface area contributed by atoms with Crippen molar-refractivity contribution in [3.8, 4) is 6.07 Å². The van der Waals surface area contributed by atoms with Crippen LogP contribution in [0.25, 0.3) is 0 Å². The van der Waals surface area contributed by atoms with Crippen LogP contribution in [0.2, 0.25) is 0 Å². The molecule has 0 amide bonds. The van der Waals surface area contributed by atoms with Gasteiger partial charge in [-0.1, -0.05) is 13.8 Å². The summed E-state index contributed by atoms with van der Waals surface area (Å²) in [5.41, 5.74) is 0. The van der Waals surface area contributed by atoms with Gasteiger partial charge in [0.1, 0.15) is 5.92 Å². The van der Waals surface area contributed by atoms with E-state index in [1.165, 1.54) is 7.11 Å². The van der Waals surface area contributed by atoms with E-state index >= 15 is 0 Å². The average molecular weight is 155 g/mol. The minimum atomic E-state index is -0.597. The van der Waals surface area contributed by atoms with Gasteiger partial charge in [0.2, 0.25) is 0 Å². The van der Waals surface area contributed by atoms with Crippen molar-refractivity contribution in [2.24, 2.45) is 11.8 Å². The molecule has 0 aliphatic carbocycles. The van der Waals surface area contributed by atoms with Crippen LogP contribution in [0.1, 0.15) is 20.3 Å². The summed E-state index contributed by atoms with van der Waals surface area (Å²) in [5, 5.41) is 8.53. The lowest BCUT2D eigenvalue weighted by Gasteiger charge is -2.08. The lowest BCUT2D eigenvalue weighted by Crippen LogP contribution is -2.16. The van der Waals surface area contributed by atoms with Gasteiger partial charge in [0.15, 0.2) is 0 Å². The first-order valence-electron chi connectivity index (χ1n) is 3.59. The Kier molecular flexibility index (Phi) is 4.28. The van der Waals surface area contributed by atoms with Gasteiger partial charge in [0.05, 0.1) is 13.2 Å². The summed E-state index contributed by atoms with van der Waals surface area (Å²) >= 11 is 0. The molecule has 0 spiro atoms. The Labute approximate surface area is 67.0 Å². The molecule has 0 bridgehead atoms. The van der Waals surface area contributed by atoms with Crippen molar-refractivity contribution in [2.45, 2.75) is 20.3 Å². The zero-order valence-electron chi connectivity index (χ0n) is 7.13. The van der Waals surface area contributed by atoms with E-state index in [9.17, 15) is 4.79 Å². The maximum absolute atomic E-state index is 10.8. The minimum absolute atomic E-state index is 0.346. The van der Waals surface area contributed by atoms with E-state index in [4.69, 9.17) is 5.26 Å². The Morgan fingerprint density at radius 1 is 1.64 bits per heavy atom. The Balaban J connectivity index is 3.98. The number of esters is 1. The molecule has 0 aromatic carbocycles. The third-order valence-electron chi connectivity index (χ3n) is 1.35. The Hall–Kier alpha value is -1.04. The number of carbonyl (C=O) groups is 1. The van der Waals surface area contributed by atoms with Gasteiger partial charge < -0.3 is 4.74 Å². The lowest BCUT2D eigenvalue weighted by molar-refractivity contribution is -0.143. The van der Waals surface area contributed by atoms with Crippen molar-refractivity contribution in [2.75, 3.05) is 7.11 Å². The van der Waals surface area contributed by atoms with Gasteiger partial charge in [0, 0.05) is 0 Å². The fourth-order valence-electron chi connectivity index (χ4n) is 0.815. The van der Waals surface area contributed by atoms with Gasteiger partial charge in [-0.05, 0) is 12.3 Å². The number of carbonyl (C=O) groups excluding carboxylic acids is 1. The second-order valence-electron chi connectivity index (χ2n) is 2.83. The summed E-state index contributed by atoms with van der Waals surface area (Å²) in [7, 11) is 1.30. The molecule has 0 aliphatic heterocycles. The smallest absolute Gasteiger partial charge is 0.323 e. The predicted octanol–water partition coefficient (Wildman–Crippen LogP) is 1.35. The van der Waals surface area contributed by atoms with Crippen LogP contribution in [0.15, 0.2) is 0 Å². The van der Waals surface area contributed by atoms with Crippen molar-refractivity contribution in [3.05, 3.63) is 0 Å². The highest BCUT2D eigenvalue weighted by atomic mass is 16.5. The third-order valence-corrected chi connectivity index (χ3v) is 1.35. The highest BCUT2D eigenvalue weighted by Gasteiger charge is 2.19. The van der Waals surface area contributed by atoms with Gasteiger partial charge >= 0.3 is 5.97 Å². The number of ether oxygens (including phenoxy) is 1. The average Bonchev–Trinajstić information content (AvgIpc) is 1.98. The number of hydrogen-bond acceptors (Lipinski definition) is 3. The van der Waals surface area contributed by atoms with Crippen molar-refractivity contribution in [1.82, 2.24) is 0 Å². The number of nitriles is 1. The van der Waals surface area contributed by atoms with Gasteiger partial charge in [-0.15, -0.1) is 0 Å². The van der Waals surface area contributed by atoms with Crippen LogP contribution in [-0.2, 0) is 9.53 Å². The molecule has 62 valence electrons. The van der Waals surface area contributed by atoms with E-state index in [1.54, 1.807) is 0 Å². The van der Waals surface area contributed by atoms with Crippen LogP contribution in [0, 0.1) is 23.2 Å². The second-order valence-corrected chi connectivity index (χ2v) is 2.83. The van der Waals surface area contributed by atoms with E-state index < -0.39 is 11.9 Å². The Bertz CT molecular complexity index is 169. The molecule has 0 heterocycles. The molecule has 1 atom stereocenters. The van der Waals surface area contributed by atoms with Crippen molar-refractivity contribution >= 4 is 5.97 Å². The topological polar surface area (TPSA) is 50.1 Å². The zero-order chi connectivity index (χ0) is 8.85. The SMILES string of the molecule is COC(=O)C(C#N)CC(C)C. The van der Waals surface area contributed by atoms with Crippen LogP contribution >= 0.6 is 0 Å². The largest absolute Gasteiger partial charge is 0.468 e. The molecule has 0 N–H and O–H groups in total. The molecule has 1 unspecified atom stereocenters. The van der Waals surface area contributed by atoms with Crippen LogP contribution < -0.4 is 0 Å². The molecule has 0 rings (SSSR count). The molecule has 0 aromatic heterocycles. The van der Waals surface area contributed by atoms with Crippen LogP contribution in [0.5, 0.6) is 0 Å². The predicted molar refractivity (Wildman–Crippen MR) is 40.6 cm³/mol. The number of hydrogen-bond donors (Lipinski definition) is 0. The Morgan fingerprint density at radius 2 is 2.18 bits per heavy atom. The van der Waals surface area contributed by atoms with Gasteiger partial charge in [-0.2, -0.15) is 5.26 Å². The maximum atomic E-state index is 10.8. The first-order chi connectivity index (χ1) is 5.11. The van der Waals surface area contributed by atoms with E-state index in [0.29, 0.717) is 12.3 Å². The van der Waals surface area contributed by atoms with Crippen LogP contribution in [-0.4, -0.2) is 13.1 Å². The van der Waals surface area contributed by atoms with Crippen molar-refractivity contribution < 1.29 is 9.53 Å². The standard InChI is InChI=1S/C8H13NO2/c1-6(2)4-7(5-9)8(10)11-3/h6-7H,4H2,1-3H3. The second kappa shape index (κ2) is 4.73. The van der Waals surface area contributed by atoms with E-state index in [0.717, 1.165) is 0 Å². The first kappa shape index (κ1) is 9.96. The lowest BCUT2D eigenvalue weighted by atomic mass is 9.99. The molecular formula is C8H13NO2. The molecule has 0 aliphatic rings. The van der Waals surface area contributed by atoms with Crippen molar-refractivity contribution in [1.29, 1.82) is 5.26 Å². The molecular weight excluding hydrogens is 142 g/mol. The molecule has 11 heavy (non-hydrogen) atoms. The normalized spacial score (nSPS) is 12.3. The molecule has 0 aromatic rings. The molecule has 0 radical (unpaired) electrons. The highest BCUT2D eigenvalue weighted by molar-refractivity contribution is 5.74. The van der Waals surface area contributed by atoms with E-state index in [-0.39, 0.29) is 0 Å². The Morgan fingerprint density at radius 3 is 2.45 bits per heavy atom. The zero-order valence-corrected chi connectivity index (χ0v) is 7.13. The first-order valence-corrected chi connectivity index (χ1v) is 3.59. The van der Waals surface area contributed by atoms with E-state index in [1.807, 2.05) is 19.9 Å². The van der Waals surface area contributed by atoms with Crippen LogP contribution in [0.4, 0.5) is 0 Å². The summed E-state index contributed by atoms with van der Waals surface area (Å²) in [6.07, 6.45) is 0.573. The summed E-state index contributed by atoms with van der Waals surface area (Å²) in [6.45, 7) is 3.93. The molecule has 3 heteroatoms. The number of rotatable bonds is 3. The monoisotopic (exact) mass is 155 g/mol. The van der Waals surface area contributed by atoms with Gasteiger partial charge in [0.25, 0.3) is 0 Å². The molecule has 0 fully saturated rings. The third kappa shape index (κ3) is 3.61. The minimum Gasteiger partial charge on any atom is -0.468 e.